The Hall–Kier alpha value is -2.68. The van der Waals surface area contributed by atoms with Crippen molar-refractivity contribution in [3.63, 3.8) is 0 Å². The number of ether oxygens (including phenoxy) is 5. The van der Waals surface area contributed by atoms with E-state index in [0.717, 1.165) is 24.8 Å². The van der Waals surface area contributed by atoms with Gasteiger partial charge in [-0.2, -0.15) is 0 Å². The van der Waals surface area contributed by atoms with Crippen LogP contribution in [0.5, 0.6) is 28.7 Å². The lowest BCUT2D eigenvalue weighted by atomic mass is 10.0. The smallest absolute Gasteiger partial charge is 0.258 e. The van der Waals surface area contributed by atoms with Gasteiger partial charge < -0.3 is 34.3 Å². The van der Waals surface area contributed by atoms with Crippen molar-refractivity contribution < 1.29 is 28.5 Å². The summed E-state index contributed by atoms with van der Waals surface area (Å²) in [6.45, 7) is 1.75. The molecule has 0 aromatic heterocycles. The summed E-state index contributed by atoms with van der Waals surface area (Å²) in [4.78, 5) is 15.2. The van der Waals surface area contributed by atoms with Gasteiger partial charge >= 0.3 is 0 Å². The van der Waals surface area contributed by atoms with Gasteiger partial charge in [-0.05, 0) is 43.5 Å². The van der Waals surface area contributed by atoms with Crippen LogP contribution in [-0.4, -0.2) is 65.0 Å². The third-order valence-corrected chi connectivity index (χ3v) is 5.58. The number of nitrogens with zero attached hydrogens (tertiary/aromatic N) is 1. The van der Waals surface area contributed by atoms with E-state index in [1.54, 1.807) is 18.1 Å². The maximum absolute atomic E-state index is 13.5. The minimum absolute atomic E-state index is 0. The lowest BCUT2D eigenvalue weighted by Gasteiger charge is -2.32. The number of methoxy groups -OCH3 is 4. The summed E-state index contributed by atoms with van der Waals surface area (Å²) in [5.74, 6) is 1.75. The molecule has 2 aromatic rings. The Morgan fingerprint density at radius 2 is 1.70 bits per heavy atom. The third-order valence-electron chi connectivity index (χ3n) is 5.58. The topological polar surface area (TPSA) is 92.5 Å². The monoisotopic (exact) mass is 480 g/mol. The van der Waals surface area contributed by atoms with Crippen LogP contribution in [0.25, 0.3) is 0 Å². The molecule has 1 heterocycles. The van der Waals surface area contributed by atoms with Crippen LogP contribution in [-0.2, 0) is 11.2 Å². The molecule has 1 aliphatic heterocycles. The predicted molar refractivity (Wildman–Crippen MR) is 129 cm³/mol. The average Bonchev–Trinajstić information content (AvgIpc) is 2.84. The lowest BCUT2D eigenvalue weighted by molar-refractivity contribution is 0.0267. The molecule has 8 nitrogen and oxygen atoms in total. The molecule has 33 heavy (non-hydrogen) atoms. The largest absolute Gasteiger partial charge is 0.492 e. The van der Waals surface area contributed by atoms with Crippen LogP contribution in [0.3, 0.4) is 0 Å². The first kappa shape index (κ1) is 26.6. The van der Waals surface area contributed by atoms with Gasteiger partial charge in [-0.3, -0.25) is 4.79 Å². The van der Waals surface area contributed by atoms with Crippen molar-refractivity contribution in [2.75, 3.05) is 48.1 Å². The maximum Gasteiger partial charge on any atom is 0.258 e. The summed E-state index contributed by atoms with van der Waals surface area (Å²) in [5.41, 5.74) is 7.09. The molecule has 1 aliphatic rings. The van der Waals surface area contributed by atoms with Gasteiger partial charge in [0.25, 0.3) is 5.91 Å². The van der Waals surface area contributed by atoms with Gasteiger partial charge in [-0.15, -0.1) is 12.4 Å². The number of benzene rings is 2. The Morgan fingerprint density at radius 1 is 1.03 bits per heavy atom. The standard InChI is InChI=1S/C24H32N2O6.ClH/c1-28-18-6-5-13-26(15-18)24(27)19-14-20(22(30-3)23(31-4)21(19)29-2)32-17-9-7-16(8-10-17)11-12-25;/h7-10,14,18H,5-6,11-13,15,25H2,1-4H3;1H. The van der Waals surface area contributed by atoms with Gasteiger partial charge in [0.05, 0.1) is 33.0 Å². The number of nitrogens with two attached hydrogens (primary N) is 1. The third kappa shape index (κ3) is 6.01. The van der Waals surface area contributed by atoms with E-state index in [1.165, 1.54) is 21.3 Å². The van der Waals surface area contributed by atoms with E-state index < -0.39 is 0 Å². The zero-order chi connectivity index (χ0) is 23.1. The second kappa shape index (κ2) is 12.5. The van der Waals surface area contributed by atoms with Crippen molar-refractivity contribution in [2.45, 2.75) is 25.4 Å². The van der Waals surface area contributed by atoms with Crippen molar-refractivity contribution in [1.82, 2.24) is 4.90 Å². The molecule has 2 N–H and O–H groups in total. The molecule has 1 atom stereocenters. The number of carbonyl (C=O) groups excluding carboxylic acids is 1. The SMILES string of the molecule is COc1c(Oc2ccc(CCN)cc2)cc(C(=O)N2CCCC(OC)C2)c(OC)c1OC.Cl. The number of carbonyl (C=O) groups is 1. The van der Waals surface area contributed by atoms with Crippen LogP contribution in [0, 0.1) is 0 Å². The summed E-state index contributed by atoms with van der Waals surface area (Å²) in [6, 6.07) is 9.28. The number of rotatable bonds is 9. The minimum atomic E-state index is -0.173. The molecule has 0 aliphatic carbocycles. The van der Waals surface area contributed by atoms with Crippen LogP contribution < -0.4 is 24.7 Å². The highest BCUT2D eigenvalue weighted by Gasteiger charge is 2.31. The van der Waals surface area contributed by atoms with E-state index in [4.69, 9.17) is 29.4 Å². The Balaban J connectivity index is 0.00000385. The molecule has 0 bridgehead atoms. The zero-order valence-corrected chi connectivity index (χ0v) is 20.4. The fourth-order valence-corrected chi connectivity index (χ4v) is 3.92. The number of hydrogen-bond donors (Lipinski definition) is 1. The van der Waals surface area contributed by atoms with E-state index in [9.17, 15) is 4.79 Å². The predicted octanol–water partition coefficient (Wildman–Crippen LogP) is 3.68. The van der Waals surface area contributed by atoms with Gasteiger partial charge in [-0.25, -0.2) is 0 Å². The molecule has 0 spiro atoms. The fraction of sp³-hybridized carbons (Fsp3) is 0.458. The first-order chi connectivity index (χ1) is 15.6. The molecule has 1 fully saturated rings. The van der Waals surface area contributed by atoms with Gasteiger partial charge in [0.1, 0.15) is 5.75 Å². The van der Waals surface area contributed by atoms with Crippen LogP contribution in [0.4, 0.5) is 0 Å². The maximum atomic E-state index is 13.5. The number of piperidine rings is 1. The van der Waals surface area contributed by atoms with E-state index >= 15 is 0 Å². The molecular formula is C24H33ClN2O6. The summed E-state index contributed by atoms with van der Waals surface area (Å²) in [5, 5.41) is 0. The van der Waals surface area contributed by atoms with Crippen LogP contribution in [0.15, 0.2) is 30.3 Å². The van der Waals surface area contributed by atoms with Gasteiger partial charge in [0.2, 0.25) is 11.5 Å². The number of likely N-dealkylation sites (tertiary alicyclic amines) is 1. The first-order valence-electron chi connectivity index (χ1n) is 10.7. The molecular weight excluding hydrogens is 448 g/mol. The van der Waals surface area contributed by atoms with Crippen molar-refractivity contribution in [2.24, 2.45) is 5.73 Å². The van der Waals surface area contributed by atoms with Crippen molar-refractivity contribution in [3.05, 3.63) is 41.5 Å². The second-order valence-electron chi connectivity index (χ2n) is 7.56. The number of halogens is 1. The first-order valence-corrected chi connectivity index (χ1v) is 10.7. The van der Waals surface area contributed by atoms with Crippen molar-refractivity contribution in [3.8, 4) is 28.7 Å². The summed E-state index contributed by atoms with van der Waals surface area (Å²) in [7, 11) is 6.19. The van der Waals surface area contributed by atoms with Crippen LogP contribution >= 0.6 is 12.4 Å². The zero-order valence-electron chi connectivity index (χ0n) is 19.6. The summed E-state index contributed by atoms with van der Waals surface area (Å²) >= 11 is 0. The number of amides is 1. The number of hydrogen-bond acceptors (Lipinski definition) is 7. The van der Waals surface area contributed by atoms with Gasteiger partial charge in [0.15, 0.2) is 11.5 Å². The molecule has 1 unspecified atom stereocenters. The summed E-state index contributed by atoms with van der Waals surface area (Å²) < 4.78 is 28.3. The van der Waals surface area contributed by atoms with Gasteiger partial charge in [0, 0.05) is 26.3 Å². The molecule has 1 saturated heterocycles. The van der Waals surface area contributed by atoms with Gasteiger partial charge in [-0.1, -0.05) is 12.1 Å². The van der Waals surface area contributed by atoms with Crippen LogP contribution in [0.1, 0.15) is 28.8 Å². The molecule has 182 valence electrons. The molecule has 2 aromatic carbocycles. The second-order valence-corrected chi connectivity index (χ2v) is 7.56. The molecule has 1 amide bonds. The Morgan fingerprint density at radius 3 is 2.27 bits per heavy atom. The highest BCUT2D eigenvalue weighted by Crippen LogP contribution is 2.48. The molecule has 0 saturated carbocycles. The highest BCUT2D eigenvalue weighted by molar-refractivity contribution is 5.99. The lowest BCUT2D eigenvalue weighted by Crippen LogP contribution is -2.43. The fourth-order valence-electron chi connectivity index (χ4n) is 3.92. The van der Waals surface area contributed by atoms with Crippen molar-refractivity contribution >= 4 is 18.3 Å². The van der Waals surface area contributed by atoms with E-state index in [2.05, 4.69) is 0 Å². The van der Waals surface area contributed by atoms with Crippen LogP contribution in [0.2, 0.25) is 0 Å². The average molecular weight is 481 g/mol. The van der Waals surface area contributed by atoms with Crippen molar-refractivity contribution in [1.29, 1.82) is 0 Å². The molecule has 3 rings (SSSR count). The minimum Gasteiger partial charge on any atom is -0.492 e. The summed E-state index contributed by atoms with van der Waals surface area (Å²) in [6.07, 6.45) is 2.61. The quantitative estimate of drug-likeness (QED) is 0.585. The molecule has 0 radical (unpaired) electrons. The van der Waals surface area contributed by atoms with E-state index in [-0.39, 0.29) is 24.4 Å². The molecule has 9 heteroatoms. The normalized spacial score (nSPS) is 15.4. The highest BCUT2D eigenvalue weighted by atomic mass is 35.5. The van der Waals surface area contributed by atoms with E-state index in [1.807, 2.05) is 24.3 Å². The Labute approximate surface area is 201 Å². The van der Waals surface area contributed by atoms with E-state index in [0.29, 0.717) is 53.9 Å². The Bertz CT molecular complexity index is 922. The Kier molecular flexibility index (Phi) is 10.1.